The second kappa shape index (κ2) is 5.47. The fourth-order valence-electron chi connectivity index (χ4n) is 1.99. The third-order valence-corrected chi connectivity index (χ3v) is 5.35. The summed E-state index contributed by atoms with van der Waals surface area (Å²) in [5.41, 5.74) is 1.90. The lowest BCUT2D eigenvalue weighted by atomic mass is 10.1. The Kier molecular flexibility index (Phi) is 4.23. The van der Waals surface area contributed by atoms with Crippen LogP contribution in [-0.4, -0.2) is 20.0 Å². The average Bonchev–Trinajstić information content (AvgIpc) is 3.04. The molecule has 5 heteroatoms. The van der Waals surface area contributed by atoms with Gasteiger partial charge in [0, 0.05) is 18.1 Å². The summed E-state index contributed by atoms with van der Waals surface area (Å²) in [5.74, 6) is 0. The predicted molar refractivity (Wildman–Crippen MR) is 81.1 cm³/mol. The van der Waals surface area contributed by atoms with Crippen molar-refractivity contribution in [3.8, 4) is 0 Å². The third kappa shape index (κ3) is 3.81. The van der Waals surface area contributed by atoms with Gasteiger partial charge in [-0.15, -0.1) is 0 Å². The van der Waals surface area contributed by atoms with Gasteiger partial charge in [0.05, 0.1) is 4.90 Å². The molecule has 4 nitrogen and oxygen atoms in total. The number of sulfonamides is 1. The minimum atomic E-state index is -3.41. The molecule has 2 N–H and O–H groups in total. The molecule has 1 aromatic carbocycles. The molecule has 1 aliphatic rings. The minimum absolute atomic E-state index is 0.236. The lowest BCUT2D eigenvalue weighted by Gasteiger charge is -2.15. The molecule has 0 atom stereocenters. The van der Waals surface area contributed by atoms with Crippen LogP contribution in [0, 0.1) is 6.92 Å². The van der Waals surface area contributed by atoms with Crippen LogP contribution in [0.25, 0.3) is 0 Å². The first-order chi connectivity index (χ1) is 9.22. The Labute approximate surface area is 122 Å². The number of hydrogen-bond donors (Lipinski definition) is 2. The maximum absolute atomic E-state index is 12.4. The summed E-state index contributed by atoms with van der Waals surface area (Å²) in [6, 6.07) is 5.71. The van der Waals surface area contributed by atoms with Gasteiger partial charge in [-0.2, -0.15) is 0 Å². The lowest BCUT2D eigenvalue weighted by Crippen LogP contribution is -2.34. The lowest BCUT2D eigenvalue weighted by molar-refractivity contribution is 0.557. The molecule has 0 radical (unpaired) electrons. The van der Waals surface area contributed by atoms with E-state index >= 15 is 0 Å². The van der Waals surface area contributed by atoms with Crippen LogP contribution in [-0.2, 0) is 16.6 Å². The van der Waals surface area contributed by atoms with Crippen molar-refractivity contribution in [1.29, 1.82) is 0 Å². The molecule has 0 spiro atoms. The maximum Gasteiger partial charge on any atom is 0.241 e. The number of rotatable bonds is 6. The van der Waals surface area contributed by atoms with Crippen molar-refractivity contribution in [2.75, 3.05) is 0 Å². The highest BCUT2D eigenvalue weighted by molar-refractivity contribution is 7.89. The van der Waals surface area contributed by atoms with Crippen LogP contribution in [0.15, 0.2) is 23.1 Å². The van der Waals surface area contributed by atoms with E-state index in [0.29, 0.717) is 17.5 Å². The highest BCUT2D eigenvalue weighted by Crippen LogP contribution is 2.36. The molecule has 20 heavy (non-hydrogen) atoms. The van der Waals surface area contributed by atoms with E-state index in [1.165, 1.54) is 0 Å². The molecule has 112 valence electrons. The first kappa shape index (κ1) is 15.5. The molecule has 2 rings (SSSR count). The van der Waals surface area contributed by atoms with E-state index in [1.807, 2.05) is 19.9 Å². The molecule has 0 amide bonds. The number of hydrogen-bond acceptors (Lipinski definition) is 3. The summed E-state index contributed by atoms with van der Waals surface area (Å²) in [4.78, 5) is 0.358. The molecule has 0 heterocycles. The molecular weight excluding hydrogens is 272 g/mol. The normalized spacial score (nSPS) is 17.4. The Hall–Kier alpha value is -0.910. The van der Waals surface area contributed by atoms with Gasteiger partial charge in [-0.1, -0.05) is 19.9 Å². The fourth-order valence-corrected chi connectivity index (χ4v) is 3.51. The van der Waals surface area contributed by atoms with Crippen LogP contribution in [0.2, 0.25) is 0 Å². The SMILES string of the molecule is Cc1ccc(S(=O)(=O)NC2(C)CC2)cc1CNC(C)C. The topological polar surface area (TPSA) is 58.2 Å². The van der Waals surface area contributed by atoms with E-state index in [9.17, 15) is 8.42 Å². The fraction of sp³-hybridized carbons (Fsp3) is 0.600. The summed E-state index contributed by atoms with van der Waals surface area (Å²) in [6.07, 6.45) is 1.83. The Morgan fingerprint density at radius 2 is 1.95 bits per heavy atom. The Morgan fingerprint density at radius 1 is 1.30 bits per heavy atom. The molecule has 0 bridgehead atoms. The molecule has 0 aliphatic heterocycles. The van der Waals surface area contributed by atoms with Gasteiger partial charge < -0.3 is 5.32 Å². The van der Waals surface area contributed by atoms with Crippen molar-refractivity contribution in [1.82, 2.24) is 10.0 Å². The zero-order valence-corrected chi connectivity index (χ0v) is 13.5. The first-order valence-corrected chi connectivity index (χ1v) is 8.57. The van der Waals surface area contributed by atoms with Gasteiger partial charge in [0.15, 0.2) is 0 Å². The van der Waals surface area contributed by atoms with E-state index < -0.39 is 10.0 Å². The van der Waals surface area contributed by atoms with Crippen LogP contribution in [0.4, 0.5) is 0 Å². The Balaban J connectivity index is 2.21. The maximum atomic E-state index is 12.4. The van der Waals surface area contributed by atoms with Crippen molar-refractivity contribution >= 4 is 10.0 Å². The van der Waals surface area contributed by atoms with Crippen LogP contribution >= 0.6 is 0 Å². The second-order valence-electron chi connectivity index (χ2n) is 6.29. The molecule has 0 aromatic heterocycles. The molecule has 0 saturated heterocycles. The zero-order chi connectivity index (χ0) is 15.0. The van der Waals surface area contributed by atoms with Crippen LogP contribution in [0.1, 0.15) is 44.7 Å². The van der Waals surface area contributed by atoms with E-state index in [1.54, 1.807) is 12.1 Å². The van der Waals surface area contributed by atoms with Gasteiger partial charge in [0.1, 0.15) is 0 Å². The number of benzene rings is 1. The van der Waals surface area contributed by atoms with E-state index in [0.717, 1.165) is 24.0 Å². The Morgan fingerprint density at radius 3 is 2.50 bits per heavy atom. The summed E-state index contributed by atoms with van der Waals surface area (Å²) in [6.45, 7) is 8.78. The van der Waals surface area contributed by atoms with Crippen LogP contribution in [0.3, 0.4) is 0 Å². The van der Waals surface area contributed by atoms with E-state index in [4.69, 9.17) is 0 Å². The minimum Gasteiger partial charge on any atom is -0.310 e. The number of aryl methyl sites for hydroxylation is 1. The molecular formula is C15H24N2O2S. The largest absolute Gasteiger partial charge is 0.310 e. The average molecular weight is 296 g/mol. The van der Waals surface area contributed by atoms with Gasteiger partial charge in [-0.25, -0.2) is 13.1 Å². The van der Waals surface area contributed by atoms with Crippen LogP contribution < -0.4 is 10.0 Å². The van der Waals surface area contributed by atoms with Gasteiger partial charge in [0.2, 0.25) is 10.0 Å². The number of nitrogens with one attached hydrogen (secondary N) is 2. The summed E-state index contributed by atoms with van der Waals surface area (Å²) >= 11 is 0. The molecule has 0 unspecified atom stereocenters. The van der Waals surface area contributed by atoms with Gasteiger partial charge >= 0.3 is 0 Å². The van der Waals surface area contributed by atoms with Crippen LogP contribution in [0.5, 0.6) is 0 Å². The van der Waals surface area contributed by atoms with Gasteiger partial charge in [0.25, 0.3) is 0 Å². The monoisotopic (exact) mass is 296 g/mol. The molecule has 1 aromatic rings. The zero-order valence-electron chi connectivity index (χ0n) is 12.7. The second-order valence-corrected chi connectivity index (χ2v) is 7.97. The smallest absolute Gasteiger partial charge is 0.241 e. The quantitative estimate of drug-likeness (QED) is 0.847. The molecule has 1 saturated carbocycles. The van der Waals surface area contributed by atoms with E-state index in [-0.39, 0.29) is 5.54 Å². The van der Waals surface area contributed by atoms with Crippen molar-refractivity contribution < 1.29 is 8.42 Å². The predicted octanol–water partition coefficient (Wildman–Crippen LogP) is 2.32. The first-order valence-electron chi connectivity index (χ1n) is 7.09. The van der Waals surface area contributed by atoms with Gasteiger partial charge in [-0.3, -0.25) is 0 Å². The summed E-state index contributed by atoms with van der Waals surface area (Å²) in [7, 11) is -3.41. The van der Waals surface area contributed by atoms with Crippen molar-refractivity contribution in [2.24, 2.45) is 0 Å². The molecule has 1 aliphatic carbocycles. The third-order valence-electron chi connectivity index (χ3n) is 3.71. The van der Waals surface area contributed by atoms with Crippen molar-refractivity contribution in [3.05, 3.63) is 29.3 Å². The summed E-state index contributed by atoms with van der Waals surface area (Å²) in [5, 5.41) is 3.33. The summed E-state index contributed by atoms with van der Waals surface area (Å²) < 4.78 is 27.5. The molecule has 1 fully saturated rings. The highest BCUT2D eigenvalue weighted by Gasteiger charge is 2.41. The van der Waals surface area contributed by atoms with Crippen molar-refractivity contribution in [2.45, 2.75) is 63.6 Å². The Bertz CT molecular complexity index is 590. The standard InChI is InChI=1S/C15H24N2O2S/c1-11(2)16-10-13-9-14(6-5-12(13)3)20(18,19)17-15(4)7-8-15/h5-6,9,11,16-17H,7-8,10H2,1-4H3. The van der Waals surface area contributed by atoms with E-state index in [2.05, 4.69) is 23.9 Å². The van der Waals surface area contributed by atoms with Gasteiger partial charge in [-0.05, 0) is 49.9 Å². The van der Waals surface area contributed by atoms with Crippen molar-refractivity contribution in [3.63, 3.8) is 0 Å². The highest BCUT2D eigenvalue weighted by atomic mass is 32.2.